The number of benzene rings is 2. The normalized spacial score (nSPS) is 13.7. The highest BCUT2D eigenvalue weighted by molar-refractivity contribution is 5.80. The molecule has 0 saturated heterocycles. The van der Waals surface area contributed by atoms with E-state index in [9.17, 15) is 14.0 Å². The van der Waals surface area contributed by atoms with Crippen molar-refractivity contribution in [3.05, 3.63) is 82.9 Å². The number of halogens is 1. The van der Waals surface area contributed by atoms with Crippen LogP contribution in [0.2, 0.25) is 0 Å². The molecule has 0 aliphatic carbocycles. The number of carboxylic acids is 1. The molecule has 4 rings (SSSR count). The Morgan fingerprint density at radius 3 is 2.66 bits per heavy atom. The van der Waals surface area contributed by atoms with Gasteiger partial charge in [-0.1, -0.05) is 31.2 Å². The van der Waals surface area contributed by atoms with E-state index in [0.29, 0.717) is 49.4 Å². The highest BCUT2D eigenvalue weighted by Crippen LogP contribution is 2.38. The zero-order chi connectivity index (χ0) is 24.9. The summed E-state index contributed by atoms with van der Waals surface area (Å²) >= 11 is 0. The van der Waals surface area contributed by atoms with E-state index >= 15 is 0 Å². The Kier molecular flexibility index (Phi) is 7.44. The van der Waals surface area contributed by atoms with Crippen molar-refractivity contribution >= 4 is 11.9 Å². The molecule has 0 saturated carbocycles. The van der Waals surface area contributed by atoms with Crippen molar-refractivity contribution in [2.75, 3.05) is 13.2 Å². The van der Waals surface area contributed by atoms with Crippen LogP contribution in [-0.4, -0.2) is 40.0 Å². The third-order valence-corrected chi connectivity index (χ3v) is 6.37. The molecule has 3 aromatic rings. The average molecular weight is 477 g/mol. The van der Waals surface area contributed by atoms with Crippen molar-refractivity contribution in [2.24, 2.45) is 0 Å². The molecule has 0 spiro atoms. The lowest BCUT2D eigenvalue weighted by Crippen LogP contribution is -2.37. The van der Waals surface area contributed by atoms with Gasteiger partial charge in [-0.3, -0.25) is 14.6 Å². The summed E-state index contributed by atoms with van der Waals surface area (Å²) in [4.78, 5) is 30.5. The molecular formula is C28H29FN2O4. The third kappa shape index (κ3) is 5.50. The van der Waals surface area contributed by atoms with Gasteiger partial charge < -0.3 is 14.7 Å². The Morgan fingerprint density at radius 1 is 1.14 bits per heavy atom. The van der Waals surface area contributed by atoms with E-state index in [1.807, 2.05) is 38.1 Å². The Labute approximate surface area is 204 Å². The molecule has 1 aliphatic heterocycles. The van der Waals surface area contributed by atoms with E-state index in [1.54, 1.807) is 29.3 Å². The minimum atomic E-state index is -0.923. The number of carbonyl (C=O) groups excluding carboxylic acids is 1. The van der Waals surface area contributed by atoms with Crippen LogP contribution >= 0.6 is 0 Å². The quantitative estimate of drug-likeness (QED) is 0.495. The molecule has 1 N–H and O–H groups in total. The van der Waals surface area contributed by atoms with Crippen LogP contribution in [0.3, 0.4) is 0 Å². The van der Waals surface area contributed by atoms with E-state index in [2.05, 4.69) is 4.98 Å². The number of fused-ring (bicyclic) bond motifs is 1. The number of amides is 1. The van der Waals surface area contributed by atoms with E-state index in [-0.39, 0.29) is 24.1 Å². The molecule has 0 bridgehead atoms. The standard InChI is InChI=1S/C28H29FN2O4/c1-3-35-26-15-19(16-28(33)34)7-8-22(26)20-9-10-24(29)21-11-13-31(17-23(20)21)27(32)14-18(2)25-6-4-5-12-30-25/h4-10,12,15,18H,3,11,13-14,16-17H2,1-2H3,(H,33,34). The van der Waals surface area contributed by atoms with Gasteiger partial charge in [0.1, 0.15) is 11.6 Å². The Hall–Kier alpha value is -3.74. The zero-order valence-electron chi connectivity index (χ0n) is 20.0. The first-order chi connectivity index (χ1) is 16.9. The van der Waals surface area contributed by atoms with Crippen LogP contribution in [0.1, 0.15) is 48.6 Å². The van der Waals surface area contributed by atoms with Crippen molar-refractivity contribution in [3.63, 3.8) is 0 Å². The van der Waals surface area contributed by atoms with Crippen LogP contribution in [-0.2, 0) is 29.0 Å². The smallest absolute Gasteiger partial charge is 0.307 e. The summed E-state index contributed by atoms with van der Waals surface area (Å²) < 4.78 is 20.6. The summed E-state index contributed by atoms with van der Waals surface area (Å²) in [7, 11) is 0. The summed E-state index contributed by atoms with van der Waals surface area (Å²) in [6.07, 6.45) is 2.36. The molecule has 7 heteroatoms. The Morgan fingerprint density at radius 2 is 1.94 bits per heavy atom. The highest BCUT2D eigenvalue weighted by Gasteiger charge is 2.27. The fourth-order valence-corrected chi connectivity index (χ4v) is 4.61. The summed E-state index contributed by atoms with van der Waals surface area (Å²) in [5.74, 6) is -0.673. The number of aliphatic carboxylic acids is 1. The van der Waals surface area contributed by atoms with E-state index in [4.69, 9.17) is 9.84 Å². The van der Waals surface area contributed by atoms with E-state index < -0.39 is 5.97 Å². The Bertz CT molecular complexity index is 1230. The van der Waals surface area contributed by atoms with Crippen molar-refractivity contribution in [1.82, 2.24) is 9.88 Å². The van der Waals surface area contributed by atoms with Crippen molar-refractivity contribution in [2.45, 2.75) is 45.6 Å². The van der Waals surface area contributed by atoms with Crippen LogP contribution in [0.5, 0.6) is 5.75 Å². The van der Waals surface area contributed by atoms with Crippen LogP contribution in [0.25, 0.3) is 11.1 Å². The van der Waals surface area contributed by atoms with Gasteiger partial charge >= 0.3 is 5.97 Å². The first-order valence-electron chi connectivity index (χ1n) is 11.8. The molecule has 0 fully saturated rings. The highest BCUT2D eigenvalue weighted by atomic mass is 19.1. The molecule has 182 valence electrons. The topological polar surface area (TPSA) is 79.7 Å². The maximum Gasteiger partial charge on any atom is 0.307 e. The predicted octanol–water partition coefficient (Wildman–Crippen LogP) is 4.99. The number of pyridine rings is 1. The number of nitrogens with zero attached hydrogens (tertiary/aromatic N) is 2. The fourth-order valence-electron chi connectivity index (χ4n) is 4.61. The van der Waals surface area contributed by atoms with Crippen LogP contribution in [0, 0.1) is 5.82 Å². The molecule has 1 aromatic heterocycles. The van der Waals surface area contributed by atoms with Crippen molar-refractivity contribution in [1.29, 1.82) is 0 Å². The summed E-state index contributed by atoms with van der Waals surface area (Å²) in [5.41, 5.74) is 4.42. The number of carbonyl (C=O) groups is 2. The largest absolute Gasteiger partial charge is 0.493 e. The lowest BCUT2D eigenvalue weighted by atomic mass is 9.89. The average Bonchev–Trinajstić information content (AvgIpc) is 2.85. The number of rotatable bonds is 8. The predicted molar refractivity (Wildman–Crippen MR) is 131 cm³/mol. The van der Waals surface area contributed by atoms with Crippen molar-refractivity contribution < 1.29 is 23.8 Å². The third-order valence-electron chi connectivity index (χ3n) is 6.37. The molecule has 1 atom stereocenters. The van der Waals surface area contributed by atoms with Crippen LogP contribution < -0.4 is 4.74 Å². The second kappa shape index (κ2) is 10.7. The first-order valence-corrected chi connectivity index (χ1v) is 11.8. The minimum absolute atomic E-state index is 0.00542. The molecule has 6 nitrogen and oxygen atoms in total. The second-order valence-corrected chi connectivity index (χ2v) is 8.81. The van der Waals surface area contributed by atoms with Gasteiger partial charge in [0.25, 0.3) is 0 Å². The zero-order valence-corrected chi connectivity index (χ0v) is 20.0. The maximum atomic E-state index is 14.8. The van der Waals surface area contributed by atoms with Gasteiger partial charge in [0.2, 0.25) is 5.91 Å². The first kappa shape index (κ1) is 24.4. The van der Waals surface area contributed by atoms with Crippen LogP contribution in [0.15, 0.2) is 54.7 Å². The van der Waals surface area contributed by atoms with Gasteiger partial charge in [-0.25, -0.2) is 4.39 Å². The van der Waals surface area contributed by atoms with Gasteiger partial charge in [-0.15, -0.1) is 0 Å². The lowest BCUT2D eigenvalue weighted by molar-refractivity contribution is -0.136. The number of hydrogen-bond donors (Lipinski definition) is 1. The minimum Gasteiger partial charge on any atom is -0.493 e. The second-order valence-electron chi connectivity index (χ2n) is 8.81. The molecule has 1 amide bonds. The summed E-state index contributed by atoms with van der Waals surface area (Å²) in [6, 6.07) is 14.1. The van der Waals surface area contributed by atoms with Crippen molar-refractivity contribution in [3.8, 4) is 16.9 Å². The fraction of sp³-hybridized carbons (Fsp3) is 0.321. The molecule has 1 unspecified atom stereocenters. The molecule has 2 heterocycles. The number of ether oxygens (including phenoxy) is 1. The SMILES string of the molecule is CCOc1cc(CC(=O)O)ccc1-c1ccc(F)c2c1CN(C(=O)CC(C)c1ccccn1)CC2. The van der Waals surface area contributed by atoms with Gasteiger partial charge in [-0.05, 0) is 59.9 Å². The number of hydrogen-bond acceptors (Lipinski definition) is 4. The van der Waals surface area contributed by atoms with Gasteiger partial charge in [0.15, 0.2) is 0 Å². The van der Waals surface area contributed by atoms with E-state index in [1.165, 1.54) is 6.07 Å². The van der Waals surface area contributed by atoms with E-state index in [0.717, 1.165) is 22.4 Å². The summed E-state index contributed by atoms with van der Waals surface area (Å²) in [6.45, 7) is 5.01. The van der Waals surface area contributed by atoms with Gasteiger partial charge in [-0.2, -0.15) is 0 Å². The van der Waals surface area contributed by atoms with Gasteiger partial charge in [0.05, 0.1) is 13.0 Å². The molecule has 0 radical (unpaired) electrons. The molecular weight excluding hydrogens is 447 g/mol. The maximum absolute atomic E-state index is 14.8. The summed E-state index contributed by atoms with van der Waals surface area (Å²) in [5, 5.41) is 9.16. The molecule has 35 heavy (non-hydrogen) atoms. The van der Waals surface area contributed by atoms with Gasteiger partial charge in [0, 0.05) is 42.9 Å². The Balaban J connectivity index is 1.64. The monoisotopic (exact) mass is 476 g/mol. The van der Waals surface area contributed by atoms with Crippen LogP contribution in [0.4, 0.5) is 4.39 Å². The number of carboxylic acid groups (broad SMARTS) is 1. The molecule has 1 aliphatic rings. The number of aromatic nitrogens is 1. The lowest BCUT2D eigenvalue weighted by Gasteiger charge is -2.32. The molecule has 2 aromatic carbocycles.